The number of rotatable bonds is 13. The number of aliphatic hydroxyl groups excluding tert-OH is 4. The number of hydrogen-bond donors (Lipinski definition) is 4. The Kier molecular flexibility index (Phi) is 11.6. The minimum atomic E-state index is -4.45. The SMILES string of the molecule is CO[C@H](O)c1ccc(CN2[C@H](COc3ccccc3)[C@@H](O)[C@H](O)[C@H](COc3ccccc3)N(Cc3ccc(CO)cc3)S2(=O)=O)cc1. The van der Waals surface area contributed by atoms with Crippen LogP contribution in [0.5, 0.6) is 11.5 Å². The van der Waals surface area contributed by atoms with Gasteiger partial charge in [0.2, 0.25) is 0 Å². The van der Waals surface area contributed by atoms with Gasteiger partial charge < -0.3 is 34.6 Å². The molecule has 250 valence electrons. The van der Waals surface area contributed by atoms with Crippen molar-refractivity contribution < 1.29 is 43.1 Å². The normalized spacial score (nSPS) is 22.3. The summed E-state index contributed by atoms with van der Waals surface area (Å²) in [5.74, 6) is 0.945. The van der Waals surface area contributed by atoms with Crippen molar-refractivity contribution in [2.24, 2.45) is 0 Å². The number of benzene rings is 4. The van der Waals surface area contributed by atoms with Crippen LogP contribution in [0, 0.1) is 0 Å². The van der Waals surface area contributed by atoms with Gasteiger partial charge in [0, 0.05) is 25.8 Å². The van der Waals surface area contributed by atoms with Crippen LogP contribution in [0.4, 0.5) is 0 Å². The van der Waals surface area contributed by atoms with Crippen LogP contribution in [0.3, 0.4) is 0 Å². The molecule has 0 amide bonds. The molecule has 0 unspecified atom stereocenters. The van der Waals surface area contributed by atoms with Crippen LogP contribution in [0.1, 0.15) is 28.5 Å². The Labute approximate surface area is 275 Å². The first-order valence-corrected chi connectivity index (χ1v) is 16.6. The van der Waals surface area contributed by atoms with E-state index in [1.807, 2.05) is 12.1 Å². The molecular formula is C35H40N2O9S. The molecule has 1 fully saturated rings. The number of hydrogen-bond acceptors (Lipinski definition) is 9. The summed E-state index contributed by atoms with van der Waals surface area (Å²) in [6.45, 7) is -1.00. The molecule has 0 bridgehead atoms. The number of aliphatic hydroxyl groups is 4. The first-order chi connectivity index (χ1) is 22.7. The summed E-state index contributed by atoms with van der Waals surface area (Å²) < 4.78 is 48.9. The van der Waals surface area contributed by atoms with E-state index in [0.717, 1.165) is 8.61 Å². The summed E-state index contributed by atoms with van der Waals surface area (Å²) in [7, 11) is -3.08. The second-order valence-corrected chi connectivity index (χ2v) is 13.1. The first kappa shape index (κ1) is 34.5. The molecule has 0 aliphatic carbocycles. The topological polar surface area (TPSA) is 149 Å². The van der Waals surface area contributed by atoms with Crippen LogP contribution in [0.2, 0.25) is 0 Å². The van der Waals surface area contributed by atoms with Crippen LogP contribution in [-0.2, 0) is 34.6 Å². The second kappa shape index (κ2) is 15.8. The van der Waals surface area contributed by atoms with Gasteiger partial charge in [-0.3, -0.25) is 0 Å². The Hall–Kier alpha value is -3.85. The van der Waals surface area contributed by atoms with Gasteiger partial charge in [-0.25, -0.2) is 0 Å². The molecule has 5 rings (SSSR count). The minimum Gasteiger partial charge on any atom is -0.492 e. The second-order valence-electron chi connectivity index (χ2n) is 11.3. The lowest BCUT2D eigenvalue weighted by Crippen LogP contribution is -2.52. The van der Waals surface area contributed by atoms with E-state index in [4.69, 9.17) is 14.2 Å². The van der Waals surface area contributed by atoms with Gasteiger partial charge >= 0.3 is 0 Å². The van der Waals surface area contributed by atoms with Crippen LogP contribution in [0.15, 0.2) is 109 Å². The highest BCUT2D eigenvalue weighted by molar-refractivity contribution is 7.86. The van der Waals surface area contributed by atoms with E-state index in [-0.39, 0.29) is 32.9 Å². The van der Waals surface area contributed by atoms with Crippen molar-refractivity contribution >= 4 is 10.2 Å². The van der Waals surface area contributed by atoms with Gasteiger partial charge in [-0.2, -0.15) is 17.0 Å². The Balaban J connectivity index is 1.56. The molecule has 5 atom stereocenters. The lowest BCUT2D eigenvalue weighted by atomic mass is 9.99. The van der Waals surface area contributed by atoms with Crippen molar-refractivity contribution in [1.82, 2.24) is 8.61 Å². The number of methoxy groups -OCH3 is 1. The van der Waals surface area contributed by atoms with Crippen molar-refractivity contribution in [3.05, 3.63) is 131 Å². The largest absolute Gasteiger partial charge is 0.492 e. The standard InChI is InChI=1S/C35H40N2O9S/c1-44-35(41)28-18-16-26(17-19-28)21-37-32(24-46-30-10-6-3-7-11-30)34(40)33(39)31(23-45-29-8-4-2-5-9-29)36(47(37,42)43)20-25-12-14-27(22-38)15-13-25/h2-19,31-35,38-41H,20-24H2,1H3/t31-,32+,33+,34+,35-/m0/s1. The number of para-hydroxylation sites is 2. The van der Waals surface area contributed by atoms with Crippen molar-refractivity contribution in [2.75, 3.05) is 20.3 Å². The molecule has 47 heavy (non-hydrogen) atoms. The summed E-state index contributed by atoms with van der Waals surface area (Å²) >= 11 is 0. The van der Waals surface area contributed by atoms with Crippen molar-refractivity contribution in [3.63, 3.8) is 0 Å². The fourth-order valence-electron chi connectivity index (χ4n) is 5.46. The number of nitrogens with zero attached hydrogens (tertiary/aromatic N) is 2. The van der Waals surface area contributed by atoms with Crippen LogP contribution >= 0.6 is 0 Å². The van der Waals surface area contributed by atoms with Crippen LogP contribution in [0.25, 0.3) is 0 Å². The summed E-state index contributed by atoms with van der Waals surface area (Å²) in [6, 6.07) is 28.7. The average molecular weight is 665 g/mol. The minimum absolute atomic E-state index is 0.150. The highest BCUT2D eigenvalue weighted by Crippen LogP contribution is 2.32. The van der Waals surface area contributed by atoms with Gasteiger partial charge in [0.05, 0.1) is 18.7 Å². The fraction of sp³-hybridized carbons (Fsp3) is 0.314. The Morgan fingerprint density at radius 1 is 0.660 bits per heavy atom. The van der Waals surface area contributed by atoms with Gasteiger partial charge in [-0.05, 0) is 41.0 Å². The van der Waals surface area contributed by atoms with Crippen molar-refractivity contribution in [3.8, 4) is 11.5 Å². The van der Waals surface area contributed by atoms with E-state index in [0.29, 0.717) is 33.8 Å². The van der Waals surface area contributed by atoms with E-state index in [1.54, 1.807) is 97.1 Å². The molecule has 4 aromatic carbocycles. The van der Waals surface area contributed by atoms with Gasteiger partial charge in [0.15, 0.2) is 6.29 Å². The number of ether oxygens (including phenoxy) is 3. The molecule has 4 N–H and O–H groups in total. The maximum Gasteiger partial charge on any atom is 0.283 e. The third-order valence-corrected chi connectivity index (χ3v) is 10.2. The molecule has 11 nitrogen and oxygen atoms in total. The van der Waals surface area contributed by atoms with E-state index >= 15 is 0 Å². The zero-order valence-corrected chi connectivity index (χ0v) is 26.8. The highest BCUT2D eigenvalue weighted by Gasteiger charge is 2.51. The Morgan fingerprint density at radius 2 is 1.06 bits per heavy atom. The van der Waals surface area contributed by atoms with Crippen LogP contribution < -0.4 is 9.47 Å². The van der Waals surface area contributed by atoms with Gasteiger partial charge in [-0.1, -0.05) is 84.9 Å². The molecule has 12 heteroatoms. The van der Waals surface area contributed by atoms with E-state index in [9.17, 15) is 28.8 Å². The van der Waals surface area contributed by atoms with Crippen molar-refractivity contribution in [2.45, 2.75) is 50.3 Å². The molecule has 1 saturated heterocycles. The monoisotopic (exact) mass is 664 g/mol. The third-order valence-electron chi connectivity index (χ3n) is 8.17. The molecular weight excluding hydrogens is 624 g/mol. The quantitative estimate of drug-likeness (QED) is 0.158. The van der Waals surface area contributed by atoms with E-state index in [1.165, 1.54) is 7.11 Å². The summed E-state index contributed by atoms with van der Waals surface area (Å²) in [4.78, 5) is 0. The van der Waals surface area contributed by atoms with Crippen molar-refractivity contribution in [1.29, 1.82) is 0 Å². The van der Waals surface area contributed by atoms with Gasteiger partial charge in [0.25, 0.3) is 10.2 Å². The lowest BCUT2D eigenvalue weighted by molar-refractivity contribution is -0.0769. The molecule has 0 saturated carbocycles. The van der Waals surface area contributed by atoms with Crippen LogP contribution in [-0.4, -0.2) is 82.1 Å². The summed E-state index contributed by atoms with van der Waals surface area (Å²) in [5.41, 5.74) is 2.32. The summed E-state index contributed by atoms with van der Waals surface area (Å²) in [6.07, 6.45) is -4.29. The smallest absolute Gasteiger partial charge is 0.283 e. The van der Waals surface area contributed by atoms with E-state index < -0.39 is 40.8 Å². The molecule has 0 aromatic heterocycles. The average Bonchev–Trinajstić information content (AvgIpc) is 3.15. The lowest BCUT2D eigenvalue weighted by Gasteiger charge is -2.34. The zero-order chi connectivity index (χ0) is 33.4. The molecule has 1 aliphatic heterocycles. The first-order valence-electron chi connectivity index (χ1n) is 15.2. The fourth-order valence-corrected chi connectivity index (χ4v) is 7.41. The third kappa shape index (κ3) is 8.36. The highest BCUT2D eigenvalue weighted by atomic mass is 32.2. The molecule has 0 radical (unpaired) electrons. The zero-order valence-electron chi connectivity index (χ0n) is 25.9. The van der Waals surface area contributed by atoms with Gasteiger partial charge in [0.1, 0.15) is 36.9 Å². The predicted octanol–water partition coefficient (Wildman–Crippen LogP) is 3.00. The molecule has 1 heterocycles. The maximum absolute atomic E-state index is 14.8. The predicted molar refractivity (Wildman–Crippen MR) is 174 cm³/mol. The Morgan fingerprint density at radius 3 is 1.47 bits per heavy atom. The maximum atomic E-state index is 14.8. The van der Waals surface area contributed by atoms with E-state index in [2.05, 4.69) is 0 Å². The molecule has 4 aromatic rings. The Bertz CT molecular complexity index is 1640. The molecule has 0 spiro atoms. The summed E-state index contributed by atoms with van der Waals surface area (Å²) in [5, 5.41) is 43.1. The molecule has 1 aliphatic rings. The van der Waals surface area contributed by atoms with Gasteiger partial charge in [-0.15, -0.1) is 0 Å².